The third-order valence-electron chi connectivity index (χ3n) is 4.57. The number of anilines is 2. The van der Waals surface area contributed by atoms with Gasteiger partial charge in [-0.3, -0.25) is 4.90 Å². The Labute approximate surface area is 129 Å². The van der Waals surface area contributed by atoms with Crippen LogP contribution in [0.15, 0.2) is 18.3 Å². The third-order valence-corrected chi connectivity index (χ3v) is 4.57. The number of pyridine rings is 1. The Bertz CT molecular complexity index is 396. The van der Waals surface area contributed by atoms with E-state index in [-0.39, 0.29) is 0 Å². The van der Waals surface area contributed by atoms with E-state index in [4.69, 9.17) is 5.73 Å². The number of aromatic nitrogens is 1. The van der Waals surface area contributed by atoms with Crippen LogP contribution in [0.4, 0.5) is 11.5 Å². The first-order valence-corrected chi connectivity index (χ1v) is 8.41. The number of unbranched alkanes of at least 4 members (excludes halogenated alkanes) is 1. The molecule has 1 aromatic heterocycles. The molecule has 0 bridgehead atoms. The summed E-state index contributed by atoms with van der Waals surface area (Å²) in [6.07, 6.45) is 7.27. The number of nitrogens with two attached hydrogens (primary N) is 1. The van der Waals surface area contributed by atoms with Gasteiger partial charge in [0.2, 0.25) is 0 Å². The summed E-state index contributed by atoms with van der Waals surface area (Å²) in [6, 6.07) is 3.97. The second-order valence-corrected chi connectivity index (χ2v) is 6.15. The van der Waals surface area contributed by atoms with Crippen LogP contribution in [0.2, 0.25) is 0 Å². The van der Waals surface area contributed by atoms with Gasteiger partial charge in [0, 0.05) is 32.7 Å². The molecule has 1 aliphatic rings. The highest BCUT2D eigenvalue weighted by atomic mass is 15.3. The van der Waals surface area contributed by atoms with Crippen molar-refractivity contribution in [1.29, 1.82) is 0 Å². The van der Waals surface area contributed by atoms with Gasteiger partial charge in [0.1, 0.15) is 5.82 Å². The van der Waals surface area contributed by atoms with Crippen molar-refractivity contribution in [3.8, 4) is 0 Å². The number of hydrogen-bond donors (Lipinski definition) is 1. The molecule has 0 saturated carbocycles. The molecule has 0 aromatic carbocycles. The zero-order valence-corrected chi connectivity index (χ0v) is 13.6. The van der Waals surface area contributed by atoms with E-state index < -0.39 is 0 Å². The molecule has 118 valence electrons. The van der Waals surface area contributed by atoms with Crippen molar-refractivity contribution in [2.75, 3.05) is 43.4 Å². The van der Waals surface area contributed by atoms with Gasteiger partial charge in [0.05, 0.1) is 11.9 Å². The summed E-state index contributed by atoms with van der Waals surface area (Å²) in [5.41, 5.74) is 6.85. The fourth-order valence-electron chi connectivity index (χ4n) is 3.06. The van der Waals surface area contributed by atoms with Crippen molar-refractivity contribution in [1.82, 2.24) is 9.88 Å². The molecule has 4 nitrogen and oxygen atoms in total. The van der Waals surface area contributed by atoms with E-state index in [9.17, 15) is 0 Å². The molecule has 0 radical (unpaired) electrons. The molecule has 21 heavy (non-hydrogen) atoms. The van der Waals surface area contributed by atoms with Gasteiger partial charge in [0.25, 0.3) is 0 Å². The van der Waals surface area contributed by atoms with Crippen molar-refractivity contribution in [2.45, 2.75) is 39.5 Å². The third kappa shape index (κ3) is 4.88. The molecule has 1 aromatic rings. The van der Waals surface area contributed by atoms with Gasteiger partial charge < -0.3 is 10.6 Å². The highest BCUT2D eigenvalue weighted by molar-refractivity contribution is 5.48. The minimum Gasteiger partial charge on any atom is -0.384 e. The lowest BCUT2D eigenvalue weighted by Gasteiger charge is -2.37. The first kappa shape index (κ1) is 16.1. The Morgan fingerprint density at radius 2 is 1.95 bits per heavy atom. The normalized spacial score (nSPS) is 17.9. The molecule has 1 saturated heterocycles. The van der Waals surface area contributed by atoms with E-state index in [0.29, 0.717) is 5.82 Å². The number of hydrogen-bond acceptors (Lipinski definition) is 4. The smallest absolute Gasteiger partial charge is 0.123 e. The van der Waals surface area contributed by atoms with E-state index in [1.807, 2.05) is 12.3 Å². The largest absolute Gasteiger partial charge is 0.384 e. The Kier molecular flexibility index (Phi) is 6.30. The highest BCUT2D eigenvalue weighted by Crippen LogP contribution is 2.19. The average molecular weight is 290 g/mol. The number of nitrogens with zero attached hydrogens (tertiary/aromatic N) is 3. The Hall–Kier alpha value is -1.29. The van der Waals surface area contributed by atoms with Crippen molar-refractivity contribution in [2.24, 2.45) is 5.92 Å². The van der Waals surface area contributed by atoms with Crippen LogP contribution in [0.25, 0.3) is 0 Å². The monoisotopic (exact) mass is 290 g/mol. The van der Waals surface area contributed by atoms with Crippen LogP contribution < -0.4 is 10.6 Å². The summed E-state index contributed by atoms with van der Waals surface area (Å²) in [7, 11) is 0. The van der Waals surface area contributed by atoms with Crippen LogP contribution in [0, 0.1) is 5.92 Å². The van der Waals surface area contributed by atoms with Crippen LogP contribution in [0.1, 0.15) is 39.5 Å². The molecule has 1 fully saturated rings. The fourth-order valence-corrected chi connectivity index (χ4v) is 3.06. The van der Waals surface area contributed by atoms with Crippen LogP contribution in [0.5, 0.6) is 0 Å². The summed E-state index contributed by atoms with van der Waals surface area (Å²) in [5.74, 6) is 1.47. The molecule has 1 atom stereocenters. The molecule has 0 spiro atoms. The van der Waals surface area contributed by atoms with Crippen molar-refractivity contribution in [3.05, 3.63) is 18.3 Å². The highest BCUT2D eigenvalue weighted by Gasteiger charge is 2.19. The number of nitrogen functional groups attached to an aromatic ring is 1. The first-order chi connectivity index (χ1) is 10.2. The van der Waals surface area contributed by atoms with E-state index in [0.717, 1.165) is 32.1 Å². The summed E-state index contributed by atoms with van der Waals surface area (Å²) in [5, 5.41) is 0. The summed E-state index contributed by atoms with van der Waals surface area (Å²) >= 11 is 0. The predicted octanol–water partition coefficient (Wildman–Crippen LogP) is 3.00. The van der Waals surface area contributed by atoms with E-state index in [1.165, 1.54) is 37.9 Å². The van der Waals surface area contributed by atoms with Gasteiger partial charge in [0.15, 0.2) is 0 Å². The molecule has 2 rings (SSSR count). The lowest BCUT2D eigenvalue weighted by molar-refractivity contribution is 0.208. The van der Waals surface area contributed by atoms with Crippen molar-refractivity contribution in [3.63, 3.8) is 0 Å². The summed E-state index contributed by atoms with van der Waals surface area (Å²) < 4.78 is 0. The number of rotatable bonds is 7. The minimum atomic E-state index is 0.596. The zero-order valence-electron chi connectivity index (χ0n) is 13.6. The lowest BCUT2D eigenvalue weighted by Crippen LogP contribution is -2.47. The fraction of sp³-hybridized carbons (Fsp3) is 0.706. The summed E-state index contributed by atoms with van der Waals surface area (Å²) in [6.45, 7) is 10.4. The maximum absolute atomic E-state index is 5.65. The number of piperazine rings is 1. The van der Waals surface area contributed by atoms with Crippen molar-refractivity contribution >= 4 is 11.5 Å². The maximum Gasteiger partial charge on any atom is 0.123 e. The second kappa shape index (κ2) is 8.23. The Morgan fingerprint density at radius 1 is 1.19 bits per heavy atom. The van der Waals surface area contributed by atoms with Crippen LogP contribution in [-0.4, -0.2) is 42.6 Å². The Balaban J connectivity index is 1.78. The first-order valence-electron chi connectivity index (χ1n) is 8.41. The maximum atomic E-state index is 5.65. The minimum absolute atomic E-state index is 0.596. The van der Waals surface area contributed by atoms with Gasteiger partial charge in [-0.2, -0.15) is 0 Å². The molecule has 2 heterocycles. The molecular formula is C17H30N4. The molecular weight excluding hydrogens is 260 g/mol. The van der Waals surface area contributed by atoms with Crippen LogP contribution >= 0.6 is 0 Å². The zero-order chi connectivity index (χ0) is 15.1. The lowest BCUT2D eigenvalue weighted by atomic mass is 9.98. The second-order valence-electron chi connectivity index (χ2n) is 6.15. The van der Waals surface area contributed by atoms with Crippen molar-refractivity contribution < 1.29 is 0 Å². The van der Waals surface area contributed by atoms with E-state index in [1.54, 1.807) is 0 Å². The van der Waals surface area contributed by atoms with Gasteiger partial charge in [-0.1, -0.05) is 33.1 Å². The average Bonchev–Trinajstić information content (AvgIpc) is 2.53. The van der Waals surface area contributed by atoms with Gasteiger partial charge in [-0.05, 0) is 24.5 Å². The predicted molar refractivity (Wildman–Crippen MR) is 90.6 cm³/mol. The topological polar surface area (TPSA) is 45.4 Å². The standard InChI is InChI=1S/C17H30N4/c1-3-5-6-15(4-2)14-20-9-11-21(12-10-20)16-7-8-17(18)19-13-16/h7-8,13,15H,3-6,9-12,14H2,1-2H3,(H2,18,19). The van der Waals surface area contributed by atoms with Gasteiger partial charge in [-0.15, -0.1) is 0 Å². The van der Waals surface area contributed by atoms with Crippen LogP contribution in [0.3, 0.4) is 0 Å². The molecule has 1 unspecified atom stereocenters. The quantitative estimate of drug-likeness (QED) is 0.838. The van der Waals surface area contributed by atoms with E-state index >= 15 is 0 Å². The van der Waals surface area contributed by atoms with Crippen LogP contribution in [-0.2, 0) is 0 Å². The molecule has 0 amide bonds. The SMILES string of the molecule is CCCCC(CC)CN1CCN(c2ccc(N)nc2)CC1. The Morgan fingerprint density at radius 3 is 2.52 bits per heavy atom. The summed E-state index contributed by atoms with van der Waals surface area (Å²) in [4.78, 5) is 9.23. The molecule has 4 heteroatoms. The molecule has 2 N–H and O–H groups in total. The van der Waals surface area contributed by atoms with Gasteiger partial charge >= 0.3 is 0 Å². The van der Waals surface area contributed by atoms with Gasteiger partial charge in [-0.25, -0.2) is 4.98 Å². The molecule has 0 aliphatic carbocycles. The molecule has 1 aliphatic heterocycles. The van der Waals surface area contributed by atoms with E-state index in [2.05, 4.69) is 34.7 Å².